The fourth-order valence-corrected chi connectivity index (χ4v) is 2.50. The summed E-state index contributed by atoms with van der Waals surface area (Å²) in [7, 11) is 0. The van der Waals surface area contributed by atoms with Gasteiger partial charge in [-0.2, -0.15) is 0 Å². The summed E-state index contributed by atoms with van der Waals surface area (Å²) in [4.78, 5) is 40.8. The summed E-state index contributed by atoms with van der Waals surface area (Å²) < 4.78 is 10.4. The number of urea groups is 1. The van der Waals surface area contributed by atoms with E-state index in [1.165, 1.54) is 0 Å². The van der Waals surface area contributed by atoms with E-state index >= 15 is 0 Å². The van der Waals surface area contributed by atoms with Crippen LogP contribution in [0.25, 0.3) is 0 Å². The summed E-state index contributed by atoms with van der Waals surface area (Å²) in [6.45, 7) is 10.2. The van der Waals surface area contributed by atoms with Gasteiger partial charge in [0.15, 0.2) is 0 Å². The molecule has 0 fully saturated rings. The van der Waals surface area contributed by atoms with Gasteiger partial charge in [-0.15, -0.1) is 0 Å². The molecule has 4 amide bonds. The van der Waals surface area contributed by atoms with Crippen molar-refractivity contribution in [2.75, 3.05) is 16.4 Å². The molecule has 188 valence electrons. The van der Waals surface area contributed by atoms with Crippen molar-refractivity contribution in [3.8, 4) is 0 Å². The molecule has 6 N–H and O–H groups in total. The Morgan fingerprint density at radius 3 is 1.51 bits per heavy atom. The van der Waals surface area contributed by atoms with Crippen molar-refractivity contribution in [2.45, 2.75) is 52.7 Å². The van der Waals surface area contributed by atoms with Crippen LogP contribution in [0.2, 0.25) is 0 Å². The number of hydrogen-bond acceptors (Lipinski definition) is 7. The Morgan fingerprint density at radius 1 is 0.714 bits per heavy atom. The minimum atomic E-state index is -0.801. The highest BCUT2D eigenvalue weighted by atomic mass is 16.6. The smallest absolute Gasteiger partial charge is 0.414 e. The van der Waals surface area contributed by atoms with E-state index in [1.807, 2.05) is 0 Å². The Balaban J connectivity index is 2.10. The van der Waals surface area contributed by atoms with Crippen LogP contribution in [0.5, 0.6) is 0 Å². The van der Waals surface area contributed by atoms with Crippen molar-refractivity contribution < 1.29 is 23.9 Å². The lowest BCUT2D eigenvalue weighted by Crippen LogP contribution is -2.47. The number of aliphatic imine (C=N–C) groups is 1. The van der Waals surface area contributed by atoms with Gasteiger partial charge >= 0.3 is 18.2 Å². The first-order valence-electron chi connectivity index (χ1n) is 10.8. The average molecular weight is 485 g/mol. The van der Waals surface area contributed by atoms with Crippen molar-refractivity contribution in [3.05, 3.63) is 48.5 Å². The van der Waals surface area contributed by atoms with Crippen molar-refractivity contribution in [2.24, 2.45) is 4.99 Å². The maximum Gasteiger partial charge on any atom is 0.414 e. The topological polar surface area (TPSA) is 156 Å². The highest BCUT2D eigenvalue weighted by Gasteiger charge is 2.21. The molecule has 0 unspecified atom stereocenters. The van der Waals surface area contributed by atoms with Crippen molar-refractivity contribution in [1.29, 1.82) is 0 Å². The van der Waals surface area contributed by atoms with Gasteiger partial charge in [-0.05, 0) is 90.1 Å². The van der Waals surface area contributed by atoms with Gasteiger partial charge < -0.3 is 25.8 Å². The maximum absolute atomic E-state index is 12.2. The molecular formula is C24H32N6O5. The van der Waals surface area contributed by atoms with Crippen molar-refractivity contribution in [1.82, 2.24) is 10.6 Å². The first-order chi connectivity index (χ1) is 16.2. The van der Waals surface area contributed by atoms with E-state index in [2.05, 4.69) is 26.3 Å². The molecule has 0 atom stereocenters. The summed E-state index contributed by atoms with van der Waals surface area (Å²) >= 11 is 0. The van der Waals surface area contributed by atoms with Crippen LogP contribution in [0.4, 0.5) is 37.1 Å². The molecule has 2 rings (SSSR count). The molecule has 0 spiro atoms. The number of hydrogen-bond donors (Lipinski definition) is 5. The normalized spacial score (nSPS) is 11.0. The molecule has 0 radical (unpaired) electrons. The highest BCUT2D eigenvalue weighted by Crippen LogP contribution is 2.18. The van der Waals surface area contributed by atoms with Gasteiger partial charge in [0.25, 0.3) is 0 Å². The molecule has 0 bridgehead atoms. The molecule has 0 aromatic heterocycles. The standard InChI is InChI=1S/C24H32N6O5/c1-23(2,3)34-21(32)29-19(30-22(33)35-24(4,5)6)26-16-11-13-18(14-12-16)28-20(31)27-17-9-7-15(25)8-10-17/h7-14H,25H2,1-6H3,(H2,27,28,31)(H2,26,29,30,32,33). The first kappa shape index (κ1) is 27.0. The third-order valence-electron chi connectivity index (χ3n) is 3.77. The Labute approximate surface area is 204 Å². The van der Waals surface area contributed by atoms with E-state index in [1.54, 1.807) is 90.1 Å². The molecule has 0 aliphatic heterocycles. The minimum Gasteiger partial charge on any atom is -0.444 e. The van der Waals surface area contributed by atoms with Gasteiger partial charge in [0.2, 0.25) is 5.96 Å². The second-order valence-corrected chi connectivity index (χ2v) is 9.46. The zero-order valence-electron chi connectivity index (χ0n) is 20.7. The SMILES string of the molecule is CC(C)(C)OC(=O)NC(=Nc1ccc(NC(=O)Nc2ccc(N)cc2)cc1)NC(=O)OC(C)(C)C. The van der Waals surface area contributed by atoms with Gasteiger partial charge in [-0.3, -0.25) is 10.6 Å². The molecule has 0 aliphatic carbocycles. The number of rotatable bonds is 3. The van der Waals surface area contributed by atoms with Crippen LogP contribution in [0, 0.1) is 0 Å². The van der Waals surface area contributed by atoms with Crippen LogP contribution in [0.15, 0.2) is 53.5 Å². The zero-order chi connectivity index (χ0) is 26.2. The Bertz CT molecular complexity index is 1040. The first-order valence-corrected chi connectivity index (χ1v) is 10.8. The van der Waals surface area contributed by atoms with E-state index in [-0.39, 0.29) is 5.96 Å². The van der Waals surface area contributed by atoms with Gasteiger partial charge in [0.1, 0.15) is 11.2 Å². The summed E-state index contributed by atoms with van der Waals surface area (Å²) in [5.41, 5.74) is 6.20. The van der Waals surface area contributed by atoms with E-state index in [0.717, 1.165) is 0 Å². The van der Waals surface area contributed by atoms with Crippen LogP contribution in [-0.2, 0) is 9.47 Å². The fraction of sp³-hybridized carbons (Fsp3) is 0.333. The van der Waals surface area contributed by atoms with E-state index in [4.69, 9.17) is 15.2 Å². The number of alkyl carbamates (subject to hydrolysis) is 2. The third-order valence-corrected chi connectivity index (χ3v) is 3.77. The largest absolute Gasteiger partial charge is 0.444 e. The predicted octanol–water partition coefficient (Wildman–Crippen LogP) is 4.95. The lowest BCUT2D eigenvalue weighted by Gasteiger charge is -2.22. The van der Waals surface area contributed by atoms with Crippen LogP contribution in [0.1, 0.15) is 41.5 Å². The third kappa shape index (κ3) is 10.9. The minimum absolute atomic E-state index is 0.185. The predicted molar refractivity (Wildman–Crippen MR) is 136 cm³/mol. The summed E-state index contributed by atoms with van der Waals surface area (Å²) in [5, 5.41) is 10.2. The Morgan fingerprint density at radius 2 is 1.11 bits per heavy atom. The molecular weight excluding hydrogens is 452 g/mol. The summed E-state index contributed by atoms with van der Waals surface area (Å²) in [6.07, 6.45) is -1.60. The Hall–Kier alpha value is -4.28. The number of carbonyl (C=O) groups is 3. The number of anilines is 3. The summed E-state index contributed by atoms with van der Waals surface area (Å²) in [5.74, 6) is -0.185. The van der Waals surface area contributed by atoms with Crippen LogP contribution < -0.4 is 27.0 Å². The molecule has 0 aliphatic rings. The second-order valence-electron chi connectivity index (χ2n) is 9.46. The molecule has 0 heterocycles. The number of nitrogens with two attached hydrogens (primary N) is 1. The van der Waals surface area contributed by atoms with Crippen LogP contribution in [0.3, 0.4) is 0 Å². The van der Waals surface area contributed by atoms with Gasteiger partial charge in [-0.1, -0.05) is 0 Å². The Kier molecular flexibility index (Phi) is 8.65. The van der Waals surface area contributed by atoms with E-state index in [0.29, 0.717) is 22.7 Å². The molecule has 35 heavy (non-hydrogen) atoms. The number of benzene rings is 2. The number of guanidine groups is 1. The number of nitrogens with zero attached hydrogens (tertiary/aromatic N) is 1. The molecule has 11 heteroatoms. The van der Waals surface area contributed by atoms with Crippen molar-refractivity contribution >= 4 is 46.9 Å². The number of ether oxygens (including phenoxy) is 2. The molecule has 2 aromatic rings. The zero-order valence-corrected chi connectivity index (χ0v) is 20.7. The maximum atomic E-state index is 12.2. The number of amides is 4. The van der Waals surface area contributed by atoms with E-state index in [9.17, 15) is 14.4 Å². The number of nitrogens with one attached hydrogen (secondary N) is 4. The molecule has 2 aromatic carbocycles. The lowest BCUT2D eigenvalue weighted by molar-refractivity contribution is 0.0545. The quantitative estimate of drug-likeness (QED) is 0.236. The molecule has 11 nitrogen and oxygen atoms in total. The van der Waals surface area contributed by atoms with Crippen LogP contribution in [-0.4, -0.2) is 35.4 Å². The average Bonchev–Trinajstić information content (AvgIpc) is 2.68. The molecule has 0 saturated heterocycles. The second kappa shape index (κ2) is 11.2. The van der Waals surface area contributed by atoms with Gasteiger partial charge in [-0.25, -0.2) is 19.4 Å². The lowest BCUT2D eigenvalue weighted by atomic mass is 10.2. The molecule has 0 saturated carbocycles. The van der Waals surface area contributed by atoms with Gasteiger partial charge in [0, 0.05) is 17.1 Å². The highest BCUT2D eigenvalue weighted by molar-refractivity contribution is 6.02. The van der Waals surface area contributed by atoms with Gasteiger partial charge in [0.05, 0.1) is 5.69 Å². The monoisotopic (exact) mass is 484 g/mol. The number of nitrogen functional groups attached to an aromatic ring is 1. The van der Waals surface area contributed by atoms with Crippen LogP contribution >= 0.6 is 0 Å². The van der Waals surface area contributed by atoms with Crippen molar-refractivity contribution in [3.63, 3.8) is 0 Å². The fourth-order valence-electron chi connectivity index (χ4n) is 2.50. The van der Waals surface area contributed by atoms with E-state index < -0.39 is 29.4 Å². The number of carbonyl (C=O) groups excluding carboxylic acids is 3. The summed E-state index contributed by atoms with van der Waals surface area (Å²) in [6, 6.07) is 12.7.